The van der Waals surface area contributed by atoms with E-state index in [1.54, 1.807) is 17.4 Å². The van der Waals surface area contributed by atoms with Crippen LogP contribution >= 0.6 is 11.3 Å². The highest BCUT2D eigenvalue weighted by atomic mass is 32.1. The summed E-state index contributed by atoms with van der Waals surface area (Å²) in [6.45, 7) is 2.72. The lowest BCUT2D eigenvalue weighted by molar-refractivity contribution is 0.0673. The number of primary amides is 1. The van der Waals surface area contributed by atoms with E-state index in [2.05, 4.69) is 16.4 Å². The van der Waals surface area contributed by atoms with Gasteiger partial charge in [-0.2, -0.15) is 0 Å². The number of thiophene rings is 1. The molecule has 0 aromatic carbocycles. The number of rotatable bonds is 2. The van der Waals surface area contributed by atoms with Gasteiger partial charge in [0.05, 0.1) is 11.6 Å². The zero-order valence-electron chi connectivity index (χ0n) is 11.6. The first-order valence-electron chi connectivity index (χ1n) is 6.71. The fourth-order valence-corrected chi connectivity index (χ4v) is 3.56. The molecule has 0 aliphatic carbocycles. The Kier molecular flexibility index (Phi) is 3.47. The second-order valence-electron chi connectivity index (χ2n) is 5.02. The van der Waals surface area contributed by atoms with Crippen LogP contribution in [-0.4, -0.2) is 28.2 Å². The lowest BCUT2D eigenvalue weighted by Crippen LogP contribution is -2.38. The minimum Gasteiger partial charge on any atom is -0.366 e. The van der Waals surface area contributed by atoms with Crippen LogP contribution in [0, 0.1) is 0 Å². The highest BCUT2D eigenvalue weighted by Gasteiger charge is 2.29. The third kappa shape index (κ3) is 2.42. The van der Waals surface area contributed by atoms with E-state index in [0.29, 0.717) is 17.8 Å². The average molecular weight is 301 g/mol. The zero-order valence-corrected chi connectivity index (χ0v) is 12.4. The second kappa shape index (κ2) is 5.29. The van der Waals surface area contributed by atoms with Crippen molar-refractivity contribution < 1.29 is 9.59 Å². The van der Waals surface area contributed by atoms with E-state index >= 15 is 0 Å². The van der Waals surface area contributed by atoms with Crippen molar-refractivity contribution in [1.82, 2.24) is 9.88 Å². The monoisotopic (exact) mass is 301 g/mol. The normalized spacial score (nSPS) is 17.4. The van der Waals surface area contributed by atoms with Gasteiger partial charge in [-0.05, 0) is 42.5 Å². The molecule has 0 unspecified atom stereocenters. The minimum atomic E-state index is -0.546. The van der Waals surface area contributed by atoms with Crippen molar-refractivity contribution >= 4 is 23.2 Å². The van der Waals surface area contributed by atoms with Gasteiger partial charge in [-0.15, -0.1) is 11.3 Å². The topological polar surface area (TPSA) is 76.3 Å². The van der Waals surface area contributed by atoms with Crippen molar-refractivity contribution in [3.05, 3.63) is 51.5 Å². The highest BCUT2D eigenvalue weighted by Crippen LogP contribution is 2.33. The third-order valence-electron chi connectivity index (χ3n) is 3.81. The quantitative estimate of drug-likeness (QED) is 0.921. The van der Waals surface area contributed by atoms with Gasteiger partial charge in [-0.3, -0.25) is 14.6 Å². The number of fused-ring (bicyclic) bond motifs is 1. The van der Waals surface area contributed by atoms with Gasteiger partial charge in [-0.1, -0.05) is 0 Å². The molecule has 1 aliphatic rings. The van der Waals surface area contributed by atoms with Gasteiger partial charge in [0.1, 0.15) is 5.69 Å². The Morgan fingerprint density at radius 2 is 2.19 bits per heavy atom. The molecular formula is C15H15N3O2S. The van der Waals surface area contributed by atoms with Crippen LogP contribution in [0.4, 0.5) is 0 Å². The Hall–Kier alpha value is -2.21. The van der Waals surface area contributed by atoms with Crippen LogP contribution in [0.15, 0.2) is 29.8 Å². The molecule has 0 fully saturated rings. The number of hydrogen-bond donors (Lipinski definition) is 1. The molecule has 108 valence electrons. The van der Waals surface area contributed by atoms with Crippen molar-refractivity contribution in [3.8, 4) is 0 Å². The summed E-state index contributed by atoms with van der Waals surface area (Å²) < 4.78 is 0. The summed E-state index contributed by atoms with van der Waals surface area (Å²) in [4.78, 5) is 30.8. The lowest BCUT2D eigenvalue weighted by atomic mass is 10.0. The van der Waals surface area contributed by atoms with E-state index in [1.165, 1.54) is 22.7 Å². The second-order valence-corrected chi connectivity index (χ2v) is 6.02. The zero-order chi connectivity index (χ0) is 15.0. The number of nitrogens with zero attached hydrogens (tertiary/aromatic N) is 2. The number of pyridine rings is 1. The number of carbonyl (C=O) groups excluding carboxylic acids is 2. The fraction of sp³-hybridized carbons (Fsp3) is 0.267. The Bertz CT molecular complexity index is 693. The van der Waals surface area contributed by atoms with E-state index in [9.17, 15) is 9.59 Å². The van der Waals surface area contributed by atoms with Gasteiger partial charge in [0.25, 0.3) is 5.91 Å². The van der Waals surface area contributed by atoms with Gasteiger partial charge in [0.15, 0.2) is 0 Å². The van der Waals surface area contributed by atoms with Crippen molar-refractivity contribution in [2.24, 2.45) is 5.73 Å². The van der Waals surface area contributed by atoms with E-state index in [-0.39, 0.29) is 11.9 Å². The van der Waals surface area contributed by atoms with Crippen LogP contribution in [0.3, 0.4) is 0 Å². The molecule has 6 heteroatoms. The molecule has 0 saturated carbocycles. The van der Waals surface area contributed by atoms with Crippen molar-refractivity contribution in [2.75, 3.05) is 6.54 Å². The maximum atomic E-state index is 12.6. The van der Waals surface area contributed by atoms with Crippen LogP contribution in [0.2, 0.25) is 0 Å². The predicted molar refractivity (Wildman–Crippen MR) is 80.2 cm³/mol. The molecule has 0 bridgehead atoms. The largest absolute Gasteiger partial charge is 0.366 e. The molecule has 0 saturated heterocycles. The van der Waals surface area contributed by atoms with E-state index in [1.807, 2.05) is 11.8 Å². The van der Waals surface area contributed by atoms with Gasteiger partial charge in [-0.25, -0.2) is 0 Å². The van der Waals surface area contributed by atoms with Gasteiger partial charge < -0.3 is 10.6 Å². The van der Waals surface area contributed by atoms with Crippen molar-refractivity contribution in [3.63, 3.8) is 0 Å². The molecule has 0 radical (unpaired) electrons. The summed E-state index contributed by atoms with van der Waals surface area (Å²) in [5, 5.41) is 2.06. The maximum absolute atomic E-state index is 12.6. The molecule has 0 spiro atoms. The van der Waals surface area contributed by atoms with Crippen LogP contribution in [0.25, 0.3) is 0 Å². The smallest absolute Gasteiger partial charge is 0.272 e. The first-order chi connectivity index (χ1) is 10.1. The predicted octanol–water partition coefficient (Wildman–Crippen LogP) is 2.00. The summed E-state index contributed by atoms with van der Waals surface area (Å²) in [5.41, 5.74) is 7.03. The Balaban J connectivity index is 1.84. The van der Waals surface area contributed by atoms with Gasteiger partial charge in [0, 0.05) is 17.6 Å². The number of aromatic nitrogens is 1. The van der Waals surface area contributed by atoms with Gasteiger partial charge >= 0.3 is 0 Å². The number of amides is 2. The maximum Gasteiger partial charge on any atom is 0.272 e. The highest BCUT2D eigenvalue weighted by molar-refractivity contribution is 7.10. The molecule has 1 atom stereocenters. The summed E-state index contributed by atoms with van der Waals surface area (Å²) in [7, 11) is 0. The molecule has 3 rings (SSSR count). The first-order valence-corrected chi connectivity index (χ1v) is 7.59. The third-order valence-corrected chi connectivity index (χ3v) is 4.80. The summed E-state index contributed by atoms with van der Waals surface area (Å²) in [6, 6.07) is 5.21. The molecule has 2 aromatic heterocycles. The summed E-state index contributed by atoms with van der Waals surface area (Å²) in [5.74, 6) is -0.661. The van der Waals surface area contributed by atoms with E-state index in [0.717, 1.165) is 6.42 Å². The molecule has 2 N–H and O–H groups in total. The number of nitrogens with two attached hydrogens (primary N) is 1. The lowest BCUT2D eigenvalue weighted by Gasteiger charge is -2.33. The van der Waals surface area contributed by atoms with E-state index < -0.39 is 5.91 Å². The van der Waals surface area contributed by atoms with Crippen molar-refractivity contribution in [1.29, 1.82) is 0 Å². The molecule has 21 heavy (non-hydrogen) atoms. The Morgan fingerprint density at radius 1 is 1.38 bits per heavy atom. The summed E-state index contributed by atoms with van der Waals surface area (Å²) in [6.07, 6.45) is 2.22. The Labute approximate surface area is 126 Å². The molecule has 3 heterocycles. The molecule has 2 amide bonds. The van der Waals surface area contributed by atoms with Crippen molar-refractivity contribution in [2.45, 2.75) is 19.4 Å². The number of hydrogen-bond acceptors (Lipinski definition) is 4. The average Bonchev–Trinajstić information content (AvgIpc) is 2.96. The molecule has 2 aromatic rings. The van der Waals surface area contributed by atoms with E-state index in [4.69, 9.17) is 5.73 Å². The SMILES string of the molecule is C[C@H]1c2ccsc2CCN1C(=O)c1ccc(C(N)=O)cn1. The Morgan fingerprint density at radius 3 is 2.86 bits per heavy atom. The molecule has 1 aliphatic heterocycles. The standard InChI is InChI=1S/C15H15N3O2S/c1-9-11-5-7-21-13(11)4-6-18(9)15(20)12-3-2-10(8-17-12)14(16)19/h2-3,5,7-9H,4,6H2,1H3,(H2,16,19)/t9-/m0/s1. The van der Waals surface area contributed by atoms with Crippen LogP contribution in [-0.2, 0) is 6.42 Å². The minimum absolute atomic E-state index is 0.0464. The van der Waals surface area contributed by atoms with Crippen LogP contribution < -0.4 is 5.73 Å². The van der Waals surface area contributed by atoms with Gasteiger partial charge in [0.2, 0.25) is 5.91 Å². The molecule has 5 nitrogen and oxygen atoms in total. The molecular weight excluding hydrogens is 286 g/mol. The van der Waals surface area contributed by atoms with Crippen LogP contribution in [0.5, 0.6) is 0 Å². The fourth-order valence-electron chi connectivity index (χ4n) is 2.60. The summed E-state index contributed by atoms with van der Waals surface area (Å²) >= 11 is 1.74. The number of carbonyl (C=O) groups is 2. The first kappa shape index (κ1) is 13.8. The van der Waals surface area contributed by atoms with Crippen LogP contribution in [0.1, 0.15) is 44.3 Å².